The van der Waals surface area contributed by atoms with E-state index in [1.807, 2.05) is 15.5 Å². The van der Waals surface area contributed by atoms with Crippen LogP contribution in [0.4, 0.5) is 0 Å². The molecule has 0 unspecified atom stereocenters. The highest BCUT2D eigenvalue weighted by Gasteiger charge is 2.39. The number of halogens is 4. The van der Waals surface area contributed by atoms with Gasteiger partial charge in [0.25, 0.3) is 11.5 Å². The molecule has 1 aromatic carbocycles. The first kappa shape index (κ1) is 23.6. The zero-order valence-corrected chi connectivity index (χ0v) is 20.6. The molecule has 0 saturated carbocycles. The number of amides is 1. The Hall–Kier alpha value is -1.51. The lowest BCUT2D eigenvalue weighted by molar-refractivity contribution is 0.0933. The van der Waals surface area contributed by atoms with E-state index < -0.39 is 15.9 Å². The number of hydrogen-bond donors (Lipinski definition) is 2. The summed E-state index contributed by atoms with van der Waals surface area (Å²) in [4.78, 5) is 26.9. The molecule has 2 N–H and O–H groups in total. The van der Waals surface area contributed by atoms with Crippen LogP contribution in [0.1, 0.15) is 28.4 Å². The van der Waals surface area contributed by atoms with E-state index in [1.165, 1.54) is 0 Å². The molecule has 6 nitrogen and oxygen atoms in total. The molecule has 1 fully saturated rings. The minimum absolute atomic E-state index is 0.0209. The average Bonchev–Trinajstić information content (AvgIpc) is 2.73. The molecule has 170 valence electrons. The Labute approximate surface area is 210 Å². The summed E-state index contributed by atoms with van der Waals surface area (Å²) in [7, 11) is 0. The number of carbonyl (C=O) groups is 1. The predicted octanol–water partition coefficient (Wildman–Crippen LogP) is 3.92. The molecular formula is C21H20Cl4N4O2S. The number of pyridine rings is 1. The van der Waals surface area contributed by atoms with E-state index in [0.29, 0.717) is 35.3 Å². The first-order valence-electron chi connectivity index (χ1n) is 10.00. The van der Waals surface area contributed by atoms with E-state index in [0.717, 1.165) is 12.1 Å². The largest absolute Gasteiger partial charge is 0.348 e. The zero-order valence-electron chi connectivity index (χ0n) is 16.7. The number of rotatable bonds is 3. The molecule has 32 heavy (non-hydrogen) atoms. The first-order valence-corrected chi connectivity index (χ1v) is 11.9. The Kier molecular flexibility index (Phi) is 6.94. The summed E-state index contributed by atoms with van der Waals surface area (Å²) in [6.45, 7) is 1.94. The SMILES string of the molecule is O=C(N[C@H](NC(=S)N1C[C@@H]2C[C@@H](C1)c1cccc(=O)n1C2)C(Cl)(Cl)Cl)c1ccc(Cl)cc1. The zero-order chi connectivity index (χ0) is 23.0. The molecule has 4 rings (SSSR count). The monoisotopic (exact) mass is 532 g/mol. The fourth-order valence-electron chi connectivity index (χ4n) is 4.29. The lowest BCUT2D eigenvalue weighted by Crippen LogP contribution is -2.60. The molecule has 1 aromatic heterocycles. The first-order chi connectivity index (χ1) is 15.1. The molecule has 2 bridgehead atoms. The van der Waals surface area contributed by atoms with Crippen LogP contribution in [-0.2, 0) is 6.54 Å². The Morgan fingerprint density at radius 2 is 1.78 bits per heavy atom. The molecule has 2 aromatic rings. The van der Waals surface area contributed by atoms with E-state index in [2.05, 4.69) is 10.6 Å². The highest BCUT2D eigenvalue weighted by Crippen LogP contribution is 2.35. The van der Waals surface area contributed by atoms with Crippen molar-refractivity contribution in [3.05, 3.63) is 69.1 Å². The Bertz CT molecular complexity index is 1090. The number of thiocarbonyl (C=S) groups is 1. The number of likely N-dealkylation sites (tertiary alicyclic amines) is 1. The highest BCUT2D eigenvalue weighted by atomic mass is 35.6. The normalized spacial score (nSPS) is 20.8. The van der Waals surface area contributed by atoms with Gasteiger partial charge in [-0.25, -0.2) is 0 Å². The van der Waals surface area contributed by atoms with Gasteiger partial charge in [-0.15, -0.1) is 0 Å². The highest BCUT2D eigenvalue weighted by molar-refractivity contribution is 7.80. The molecular weight excluding hydrogens is 514 g/mol. The van der Waals surface area contributed by atoms with E-state index in [4.69, 9.17) is 58.6 Å². The predicted molar refractivity (Wildman–Crippen MR) is 132 cm³/mol. The minimum atomic E-state index is -1.85. The second kappa shape index (κ2) is 9.39. The molecule has 2 aliphatic rings. The Balaban J connectivity index is 1.47. The Morgan fingerprint density at radius 1 is 1.06 bits per heavy atom. The van der Waals surface area contributed by atoms with Gasteiger partial charge in [0, 0.05) is 47.9 Å². The average molecular weight is 534 g/mol. The van der Waals surface area contributed by atoms with Crippen molar-refractivity contribution in [3.63, 3.8) is 0 Å². The molecule has 1 saturated heterocycles. The number of aromatic nitrogens is 1. The summed E-state index contributed by atoms with van der Waals surface area (Å²) in [5, 5.41) is 6.57. The fraction of sp³-hybridized carbons (Fsp3) is 0.381. The van der Waals surface area contributed by atoms with Crippen LogP contribution in [0.3, 0.4) is 0 Å². The van der Waals surface area contributed by atoms with Gasteiger partial charge in [0.15, 0.2) is 5.11 Å². The van der Waals surface area contributed by atoms with Crippen LogP contribution in [0.25, 0.3) is 0 Å². The lowest BCUT2D eigenvalue weighted by atomic mass is 9.83. The van der Waals surface area contributed by atoms with Crippen LogP contribution in [0.2, 0.25) is 5.02 Å². The smallest absolute Gasteiger partial charge is 0.252 e. The van der Waals surface area contributed by atoms with E-state index in [9.17, 15) is 9.59 Å². The number of alkyl halides is 3. The van der Waals surface area contributed by atoms with Crippen LogP contribution in [0.15, 0.2) is 47.3 Å². The van der Waals surface area contributed by atoms with Crippen molar-refractivity contribution in [2.45, 2.75) is 28.8 Å². The number of nitrogens with zero attached hydrogens (tertiary/aromatic N) is 2. The van der Waals surface area contributed by atoms with Crippen LogP contribution < -0.4 is 16.2 Å². The summed E-state index contributed by atoms with van der Waals surface area (Å²) < 4.78 is 0.000814. The summed E-state index contributed by atoms with van der Waals surface area (Å²) in [6, 6.07) is 11.7. The van der Waals surface area contributed by atoms with E-state index in [-0.39, 0.29) is 17.4 Å². The maximum Gasteiger partial charge on any atom is 0.252 e. The van der Waals surface area contributed by atoms with Crippen molar-refractivity contribution in [2.24, 2.45) is 5.92 Å². The lowest BCUT2D eigenvalue weighted by Gasteiger charge is -2.44. The van der Waals surface area contributed by atoms with Gasteiger partial charge in [-0.2, -0.15) is 0 Å². The number of fused-ring (bicyclic) bond motifs is 4. The molecule has 3 atom stereocenters. The van der Waals surface area contributed by atoms with Gasteiger partial charge in [-0.3, -0.25) is 9.59 Å². The number of piperidine rings is 1. The van der Waals surface area contributed by atoms with Crippen molar-refractivity contribution in [3.8, 4) is 0 Å². The second-order valence-electron chi connectivity index (χ2n) is 8.01. The maximum absolute atomic E-state index is 12.6. The van der Waals surface area contributed by atoms with Crippen molar-refractivity contribution in [1.29, 1.82) is 0 Å². The van der Waals surface area contributed by atoms with E-state index >= 15 is 0 Å². The number of benzene rings is 1. The number of nitrogens with one attached hydrogen (secondary N) is 2. The maximum atomic E-state index is 12.6. The van der Waals surface area contributed by atoms with Crippen molar-refractivity contribution in [1.82, 2.24) is 20.1 Å². The molecule has 0 aliphatic carbocycles. The van der Waals surface area contributed by atoms with Crippen molar-refractivity contribution in [2.75, 3.05) is 13.1 Å². The van der Waals surface area contributed by atoms with Crippen molar-refractivity contribution >= 4 is 69.6 Å². The molecule has 11 heteroatoms. The molecule has 0 radical (unpaired) electrons. The number of carbonyl (C=O) groups excluding carboxylic acids is 1. The molecule has 3 heterocycles. The minimum Gasteiger partial charge on any atom is -0.348 e. The van der Waals surface area contributed by atoms with Gasteiger partial charge in [-0.05, 0) is 54.9 Å². The van der Waals surface area contributed by atoms with Crippen LogP contribution in [0, 0.1) is 5.92 Å². The van der Waals surface area contributed by atoms with Gasteiger partial charge in [-0.1, -0.05) is 52.5 Å². The van der Waals surface area contributed by atoms with Crippen LogP contribution >= 0.6 is 58.6 Å². The molecule has 0 spiro atoms. The molecule has 1 amide bonds. The quantitative estimate of drug-likeness (QED) is 0.355. The van der Waals surface area contributed by atoms with Crippen LogP contribution in [0.5, 0.6) is 0 Å². The van der Waals surface area contributed by atoms with E-state index in [1.54, 1.807) is 36.4 Å². The summed E-state index contributed by atoms with van der Waals surface area (Å²) in [5.41, 5.74) is 1.40. The third-order valence-electron chi connectivity index (χ3n) is 5.74. The third kappa shape index (κ3) is 5.18. The van der Waals surface area contributed by atoms with Gasteiger partial charge < -0.3 is 20.1 Å². The Morgan fingerprint density at radius 3 is 2.47 bits per heavy atom. The number of hydrogen-bond acceptors (Lipinski definition) is 3. The fourth-order valence-corrected chi connectivity index (χ4v) is 5.01. The van der Waals surface area contributed by atoms with Gasteiger partial charge in [0.2, 0.25) is 3.79 Å². The summed E-state index contributed by atoms with van der Waals surface area (Å²) in [5.74, 6) is 0.0131. The standard InChI is InChI=1S/C21H20Cl4N4O2S/c22-15-6-4-13(5-7-15)18(31)26-19(21(23,24)25)27-20(32)28-9-12-8-14(11-28)16-2-1-3-17(30)29(16)10-12/h1-7,12,14,19H,8-11H2,(H,26,31)(H,27,32)/t12-,14-,19+/m0/s1. The summed E-state index contributed by atoms with van der Waals surface area (Å²) >= 11 is 29.9. The van der Waals surface area contributed by atoms with Gasteiger partial charge in [0.05, 0.1) is 0 Å². The second-order valence-corrected chi connectivity index (χ2v) is 11.2. The summed E-state index contributed by atoms with van der Waals surface area (Å²) in [6.07, 6.45) is -0.0659. The van der Waals surface area contributed by atoms with Crippen LogP contribution in [-0.4, -0.2) is 43.5 Å². The third-order valence-corrected chi connectivity index (χ3v) is 7.03. The van der Waals surface area contributed by atoms with Gasteiger partial charge in [0.1, 0.15) is 6.17 Å². The topological polar surface area (TPSA) is 66.4 Å². The molecule has 2 aliphatic heterocycles. The van der Waals surface area contributed by atoms with Gasteiger partial charge >= 0.3 is 0 Å². The van der Waals surface area contributed by atoms with Crippen molar-refractivity contribution < 1.29 is 4.79 Å².